The van der Waals surface area contributed by atoms with Crippen molar-refractivity contribution >= 4 is 49.8 Å². The number of nitrogens with one attached hydrogen (secondary N) is 2. The fourth-order valence-electron chi connectivity index (χ4n) is 2.89. The maximum absolute atomic E-state index is 12.9. The molecule has 0 saturated heterocycles. The Balaban J connectivity index is 2.47. The van der Waals surface area contributed by atoms with E-state index in [2.05, 4.69) is 10.0 Å². The second-order valence-corrected chi connectivity index (χ2v) is 9.24. The van der Waals surface area contributed by atoms with Gasteiger partial charge in [0.1, 0.15) is 5.00 Å². The van der Waals surface area contributed by atoms with E-state index in [4.69, 9.17) is 4.74 Å². The van der Waals surface area contributed by atoms with Gasteiger partial charge in [0.15, 0.2) is 0 Å². The van der Waals surface area contributed by atoms with Crippen LogP contribution in [0.4, 0.5) is 10.7 Å². The highest BCUT2D eigenvalue weighted by atomic mass is 32.2. The molecule has 2 aromatic rings. The number of amides is 2. The van der Waals surface area contributed by atoms with Crippen molar-refractivity contribution in [1.82, 2.24) is 4.90 Å². The maximum Gasteiger partial charge on any atom is 0.341 e. The van der Waals surface area contributed by atoms with Crippen molar-refractivity contribution in [3.8, 4) is 0 Å². The van der Waals surface area contributed by atoms with Crippen LogP contribution in [0.15, 0.2) is 29.2 Å². The van der Waals surface area contributed by atoms with Gasteiger partial charge in [0.2, 0.25) is 5.91 Å². The summed E-state index contributed by atoms with van der Waals surface area (Å²) in [6, 6.07) is 5.56. The molecule has 0 bridgehead atoms. The Bertz CT molecular complexity index is 1090. The van der Waals surface area contributed by atoms with Crippen molar-refractivity contribution in [2.75, 3.05) is 30.2 Å². The number of carbonyl (C=O) groups is 3. The zero-order valence-corrected chi connectivity index (χ0v) is 19.6. The molecule has 9 nitrogen and oxygen atoms in total. The van der Waals surface area contributed by atoms with Crippen LogP contribution in [0, 0.1) is 6.92 Å². The summed E-state index contributed by atoms with van der Waals surface area (Å²) in [5.41, 5.74) is 0.801. The first-order valence-electron chi connectivity index (χ1n) is 9.47. The second-order valence-electron chi connectivity index (χ2n) is 6.54. The Hall–Kier alpha value is -2.92. The molecule has 2 N–H and O–H groups in total. The lowest BCUT2D eigenvalue weighted by molar-refractivity contribution is -0.114. The highest BCUT2D eigenvalue weighted by molar-refractivity contribution is 7.93. The number of nitrogens with zero attached hydrogens (tertiary/aromatic N) is 1. The van der Waals surface area contributed by atoms with Gasteiger partial charge in [0.25, 0.3) is 15.9 Å². The van der Waals surface area contributed by atoms with Gasteiger partial charge in [0.05, 0.1) is 22.4 Å². The number of ether oxygens (including phenoxy) is 1. The molecule has 0 unspecified atom stereocenters. The lowest BCUT2D eigenvalue weighted by Crippen LogP contribution is -2.30. The molecule has 1 aromatic carbocycles. The Morgan fingerprint density at radius 3 is 2.16 bits per heavy atom. The molecule has 0 fully saturated rings. The number of methoxy groups -OCH3 is 1. The van der Waals surface area contributed by atoms with Crippen LogP contribution in [0.1, 0.15) is 46.4 Å². The summed E-state index contributed by atoms with van der Waals surface area (Å²) in [6.45, 7) is 7.54. The van der Waals surface area contributed by atoms with Gasteiger partial charge in [-0.05, 0) is 50.6 Å². The molecule has 0 radical (unpaired) electrons. The lowest BCUT2D eigenvalue weighted by atomic mass is 10.1. The van der Waals surface area contributed by atoms with Gasteiger partial charge in [0, 0.05) is 25.7 Å². The van der Waals surface area contributed by atoms with Crippen molar-refractivity contribution in [3.05, 3.63) is 40.3 Å². The van der Waals surface area contributed by atoms with Crippen LogP contribution in [0.5, 0.6) is 0 Å². The van der Waals surface area contributed by atoms with E-state index >= 15 is 0 Å². The first-order chi connectivity index (χ1) is 14.5. The number of anilines is 2. The van der Waals surface area contributed by atoms with Crippen molar-refractivity contribution in [1.29, 1.82) is 0 Å². The summed E-state index contributed by atoms with van der Waals surface area (Å²) in [7, 11) is -2.88. The molecule has 0 aliphatic rings. The molecule has 0 aliphatic carbocycles. The van der Waals surface area contributed by atoms with E-state index in [0.29, 0.717) is 24.3 Å². The smallest absolute Gasteiger partial charge is 0.341 e. The molecule has 1 aromatic heterocycles. The molecule has 0 saturated carbocycles. The number of thiophene rings is 1. The standard InChI is InChI=1S/C20H25N3O6S2/c1-6-23(7-2)19(25)17-12(3)16(20(26)29-5)18(30-17)22-31(27,28)15-10-8-14(9-11-15)21-13(4)24/h8-11,22H,6-7H2,1-5H3,(H,21,24). The van der Waals surface area contributed by atoms with Gasteiger partial charge in [-0.25, -0.2) is 13.2 Å². The Morgan fingerprint density at radius 1 is 1.10 bits per heavy atom. The van der Waals surface area contributed by atoms with Crippen LogP contribution in [-0.2, 0) is 19.6 Å². The highest BCUT2D eigenvalue weighted by Gasteiger charge is 2.29. The minimum atomic E-state index is -4.07. The largest absolute Gasteiger partial charge is 0.465 e. The third-order valence-electron chi connectivity index (χ3n) is 4.49. The van der Waals surface area contributed by atoms with E-state index in [1.807, 2.05) is 13.8 Å². The fourth-order valence-corrected chi connectivity index (χ4v) is 5.36. The SMILES string of the molecule is CCN(CC)C(=O)c1sc(NS(=O)(=O)c2ccc(NC(C)=O)cc2)c(C(=O)OC)c1C. The highest BCUT2D eigenvalue weighted by Crippen LogP contribution is 2.36. The Labute approximate surface area is 185 Å². The van der Waals surface area contributed by atoms with Gasteiger partial charge in [-0.3, -0.25) is 14.3 Å². The Morgan fingerprint density at radius 2 is 1.68 bits per heavy atom. The molecule has 1 heterocycles. The van der Waals surface area contributed by atoms with Gasteiger partial charge >= 0.3 is 5.97 Å². The second kappa shape index (κ2) is 9.92. The van der Waals surface area contributed by atoms with Crippen molar-refractivity contribution in [3.63, 3.8) is 0 Å². The number of esters is 1. The predicted octanol–water partition coefficient (Wildman–Crippen LogP) is 3.08. The molecule has 0 atom stereocenters. The van der Waals surface area contributed by atoms with Gasteiger partial charge in [-0.1, -0.05) is 0 Å². The van der Waals surface area contributed by atoms with Crippen molar-refractivity contribution in [2.24, 2.45) is 0 Å². The predicted molar refractivity (Wildman–Crippen MR) is 119 cm³/mol. The third kappa shape index (κ3) is 5.42. The van der Waals surface area contributed by atoms with Crippen LogP contribution in [0.25, 0.3) is 0 Å². The van der Waals surface area contributed by atoms with Crippen LogP contribution < -0.4 is 10.0 Å². The van der Waals surface area contributed by atoms with Gasteiger partial charge in [-0.2, -0.15) is 0 Å². The number of benzene rings is 1. The maximum atomic E-state index is 12.9. The first-order valence-corrected chi connectivity index (χ1v) is 11.8. The average molecular weight is 468 g/mol. The number of carbonyl (C=O) groups excluding carboxylic acids is 3. The number of rotatable bonds is 8. The average Bonchev–Trinajstić information content (AvgIpc) is 3.03. The minimum absolute atomic E-state index is 0.00134. The summed E-state index contributed by atoms with van der Waals surface area (Å²) in [6.07, 6.45) is 0. The summed E-state index contributed by atoms with van der Waals surface area (Å²) >= 11 is 0.891. The van der Waals surface area contributed by atoms with Crippen LogP contribution in [-0.4, -0.2) is 51.3 Å². The molecule has 168 valence electrons. The molecule has 2 rings (SSSR count). The molecule has 0 aliphatic heterocycles. The minimum Gasteiger partial charge on any atom is -0.465 e. The van der Waals surface area contributed by atoms with Gasteiger partial charge < -0.3 is 15.0 Å². The zero-order chi connectivity index (χ0) is 23.3. The fraction of sp³-hybridized carbons (Fsp3) is 0.350. The van der Waals surface area contributed by atoms with E-state index in [9.17, 15) is 22.8 Å². The Kier molecular flexibility index (Phi) is 7.80. The van der Waals surface area contributed by atoms with E-state index in [1.54, 1.807) is 11.8 Å². The van der Waals surface area contributed by atoms with Crippen molar-refractivity contribution < 1.29 is 27.5 Å². The number of hydrogen-bond donors (Lipinski definition) is 2. The quantitative estimate of drug-likeness (QED) is 0.576. The van der Waals surface area contributed by atoms with E-state index in [1.165, 1.54) is 38.3 Å². The van der Waals surface area contributed by atoms with E-state index < -0.39 is 16.0 Å². The van der Waals surface area contributed by atoms with Gasteiger partial charge in [-0.15, -0.1) is 11.3 Å². The number of hydrogen-bond acceptors (Lipinski definition) is 7. The molecular weight excluding hydrogens is 442 g/mol. The monoisotopic (exact) mass is 467 g/mol. The summed E-state index contributed by atoms with van der Waals surface area (Å²) in [4.78, 5) is 38.1. The van der Waals surface area contributed by atoms with Crippen molar-refractivity contribution in [2.45, 2.75) is 32.6 Å². The van der Waals surface area contributed by atoms with E-state index in [0.717, 1.165) is 11.3 Å². The molecule has 0 spiro atoms. The lowest BCUT2D eigenvalue weighted by Gasteiger charge is -2.17. The normalized spacial score (nSPS) is 11.0. The third-order valence-corrected chi connectivity index (χ3v) is 7.18. The van der Waals surface area contributed by atoms with Crippen LogP contribution in [0.3, 0.4) is 0 Å². The molecular formula is C20H25N3O6S2. The molecule has 2 amide bonds. The zero-order valence-electron chi connectivity index (χ0n) is 17.9. The topological polar surface area (TPSA) is 122 Å². The molecule has 11 heteroatoms. The van der Waals surface area contributed by atoms with E-state index in [-0.39, 0.29) is 32.2 Å². The summed E-state index contributed by atoms with van der Waals surface area (Å²) in [5, 5.41) is 2.56. The van der Waals surface area contributed by atoms with Crippen LogP contribution >= 0.6 is 11.3 Å². The molecule has 31 heavy (non-hydrogen) atoms. The number of sulfonamides is 1. The first kappa shape index (κ1) is 24.4. The summed E-state index contributed by atoms with van der Waals surface area (Å²) < 4.78 is 33.0. The van der Waals surface area contributed by atoms with Crippen LogP contribution in [0.2, 0.25) is 0 Å². The summed E-state index contributed by atoms with van der Waals surface area (Å²) in [5.74, 6) is -1.32.